The predicted molar refractivity (Wildman–Crippen MR) is 171 cm³/mol. The number of H-pyrrole nitrogens is 1. The zero-order valence-corrected chi connectivity index (χ0v) is 26.7. The van der Waals surface area contributed by atoms with Crippen molar-refractivity contribution >= 4 is 34.5 Å². The van der Waals surface area contributed by atoms with Crippen LogP contribution in [0.25, 0.3) is 16.5 Å². The molecule has 0 radical (unpaired) electrons. The van der Waals surface area contributed by atoms with E-state index >= 15 is 0 Å². The van der Waals surface area contributed by atoms with Crippen LogP contribution < -0.4 is 14.2 Å². The molecular formula is C36H39NO10. The fraction of sp³-hybridized carbons (Fsp3) is 0.417. The molecule has 3 aromatic rings. The minimum Gasteiger partial charge on any atom is -0.492 e. The van der Waals surface area contributed by atoms with Crippen LogP contribution >= 0.6 is 0 Å². The number of Topliss-reactive ketones (excluding diaryl/α,β-unsaturated/α-hetero) is 1. The molecule has 4 N–H and O–H groups in total. The van der Waals surface area contributed by atoms with E-state index in [1.54, 1.807) is 20.8 Å². The number of aliphatic hydroxyl groups is 3. The Morgan fingerprint density at radius 1 is 1.15 bits per heavy atom. The quantitative estimate of drug-likeness (QED) is 0.143. The van der Waals surface area contributed by atoms with E-state index in [4.69, 9.17) is 18.9 Å². The van der Waals surface area contributed by atoms with E-state index in [1.807, 2.05) is 30.5 Å². The van der Waals surface area contributed by atoms with E-state index in [1.165, 1.54) is 0 Å². The first-order valence-electron chi connectivity index (χ1n) is 15.9. The number of carbonyl (C=O) groups is 3. The largest absolute Gasteiger partial charge is 0.492 e. The Hall–Kier alpha value is -4.45. The lowest BCUT2D eigenvalue weighted by atomic mass is 9.75. The summed E-state index contributed by atoms with van der Waals surface area (Å²) >= 11 is 0. The van der Waals surface area contributed by atoms with Crippen molar-refractivity contribution in [1.29, 1.82) is 0 Å². The Balaban J connectivity index is 1.61. The highest BCUT2D eigenvalue weighted by molar-refractivity contribution is 6.11. The second-order valence-corrected chi connectivity index (χ2v) is 12.6. The van der Waals surface area contributed by atoms with Crippen molar-refractivity contribution in [2.45, 2.75) is 77.1 Å². The van der Waals surface area contributed by atoms with Gasteiger partial charge in [-0.1, -0.05) is 11.6 Å². The maximum absolute atomic E-state index is 13.4. The third-order valence-electron chi connectivity index (χ3n) is 9.09. The van der Waals surface area contributed by atoms with Crippen LogP contribution in [-0.2, 0) is 32.1 Å². The summed E-state index contributed by atoms with van der Waals surface area (Å²) < 4.78 is 24.0. The zero-order chi connectivity index (χ0) is 33.5. The van der Waals surface area contributed by atoms with Gasteiger partial charge in [-0.25, -0.2) is 4.79 Å². The number of hydrogen-bond donors (Lipinski definition) is 4. The van der Waals surface area contributed by atoms with E-state index in [9.17, 15) is 29.7 Å². The number of esters is 1. The lowest BCUT2D eigenvalue weighted by molar-refractivity contribution is -0.141. The second kappa shape index (κ2) is 13.0. The standard InChI is InChI=1S/C36H39NO10/c1-4-44-35(42)34-24(17-39)29(21-7-9-27(41)22(15-21)19-6-8-26-20(14-19)10-11-37-26)30-32(45-13-5-12-38)23-16-28(36(2,3)43)46-31(23)25(18-40)33(30)47-34/h6,8,10-11,14,17,22,28,37-38,40,43H,4-5,7,9,12-13,15-16,18H2,1-3H3. The maximum Gasteiger partial charge on any atom is 0.375 e. The summed E-state index contributed by atoms with van der Waals surface area (Å²) in [5.74, 6) is -1.02. The summed E-state index contributed by atoms with van der Waals surface area (Å²) in [6.45, 7) is 4.32. The number of fused-ring (bicyclic) bond motifs is 3. The number of ether oxygens (including phenoxy) is 4. The molecule has 3 aliphatic rings. The first-order valence-corrected chi connectivity index (χ1v) is 15.9. The Morgan fingerprint density at radius 2 is 1.96 bits per heavy atom. The van der Waals surface area contributed by atoms with Gasteiger partial charge in [0.1, 0.15) is 29.1 Å². The molecule has 11 nitrogen and oxygen atoms in total. The fourth-order valence-electron chi connectivity index (χ4n) is 6.73. The Morgan fingerprint density at radius 3 is 2.66 bits per heavy atom. The molecule has 2 atom stereocenters. The Bertz CT molecular complexity index is 1810. The molecule has 0 spiro atoms. The van der Waals surface area contributed by atoms with Gasteiger partial charge in [0.2, 0.25) is 5.76 Å². The summed E-state index contributed by atoms with van der Waals surface area (Å²) in [6.07, 6.45) is 2.99. The number of aromatic nitrogens is 1. The molecule has 248 valence electrons. The normalized spacial score (nSPS) is 20.9. The Labute approximate surface area is 271 Å². The number of aromatic amines is 1. The molecule has 11 heteroatoms. The maximum atomic E-state index is 13.4. The van der Waals surface area contributed by atoms with Crippen LogP contribution in [0.3, 0.4) is 0 Å². The smallest absolute Gasteiger partial charge is 0.375 e. The minimum atomic E-state index is -1.27. The average molecular weight is 646 g/mol. The molecule has 1 fully saturated rings. The van der Waals surface area contributed by atoms with Gasteiger partial charge >= 0.3 is 5.97 Å². The highest BCUT2D eigenvalue weighted by Gasteiger charge is 2.45. The van der Waals surface area contributed by atoms with Crippen molar-refractivity contribution in [2.75, 3.05) is 19.8 Å². The van der Waals surface area contributed by atoms with Gasteiger partial charge < -0.3 is 39.3 Å². The molecule has 1 aliphatic carbocycles. The van der Waals surface area contributed by atoms with Crippen LogP contribution in [0.15, 0.2) is 47.4 Å². The van der Waals surface area contributed by atoms with Gasteiger partial charge in [-0.3, -0.25) is 9.59 Å². The number of aldehydes is 1. The van der Waals surface area contributed by atoms with E-state index in [0.29, 0.717) is 41.6 Å². The predicted octanol–water partition coefficient (Wildman–Crippen LogP) is 4.19. The number of aliphatic hydroxyl groups excluding tert-OH is 2. The summed E-state index contributed by atoms with van der Waals surface area (Å²) in [5.41, 5.74) is 2.73. The number of carbonyl (C=O) groups excluding carboxylic acids is 3. The van der Waals surface area contributed by atoms with Gasteiger partial charge in [0, 0.05) is 54.6 Å². The lowest BCUT2D eigenvalue weighted by Crippen LogP contribution is -2.39. The molecule has 2 unspecified atom stereocenters. The van der Waals surface area contributed by atoms with Crippen LogP contribution in [0.5, 0.6) is 17.2 Å². The summed E-state index contributed by atoms with van der Waals surface area (Å²) in [4.78, 5) is 42.9. The van der Waals surface area contributed by atoms with E-state index in [0.717, 1.165) is 22.0 Å². The first kappa shape index (κ1) is 32.5. The monoisotopic (exact) mass is 645 g/mol. The summed E-state index contributed by atoms with van der Waals surface area (Å²) in [7, 11) is 0. The molecule has 0 bridgehead atoms. The molecular weight excluding hydrogens is 606 g/mol. The van der Waals surface area contributed by atoms with Gasteiger partial charge in [0.15, 0.2) is 6.29 Å². The number of hydrogen-bond acceptors (Lipinski definition) is 10. The van der Waals surface area contributed by atoms with Crippen molar-refractivity contribution in [3.05, 3.63) is 69.6 Å². The summed E-state index contributed by atoms with van der Waals surface area (Å²) in [6, 6.07) is 7.77. The molecule has 2 aromatic carbocycles. The van der Waals surface area contributed by atoms with Crippen LogP contribution in [0.2, 0.25) is 0 Å². The highest BCUT2D eigenvalue weighted by atomic mass is 16.6. The SMILES string of the molecule is CCOC(=O)C1=C(C=O)C(=C2CCC(=O)C(c3ccc4[nH]ccc4c3)C2)c2c(OCCCO)c3c(c(CO)c2O1)OC(C(C)(C)O)C3. The number of allylic oxidation sites excluding steroid dienone is 3. The van der Waals surface area contributed by atoms with Crippen LogP contribution in [0, 0.1) is 0 Å². The van der Waals surface area contributed by atoms with Crippen molar-refractivity contribution in [3.63, 3.8) is 0 Å². The van der Waals surface area contributed by atoms with Crippen LogP contribution in [0.1, 0.15) is 74.6 Å². The topological polar surface area (TPSA) is 165 Å². The third kappa shape index (κ3) is 5.83. The van der Waals surface area contributed by atoms with E-state index in [-0.39, 0.29) is 73.3 Å². The van der Waals surface area contributed by atoms with Gasteiger partial charge in [-0.2, -0.15) is 0 Å². The highest BCUT2D eigenvalue weighted by Crippen LogP contribution is 2.56. The van der Waals surface area contributed by atoms with Crippen LogP contribution in [0.4, 0.5) is 0 Å². The molecule has 0 amide bonds. The van der Waals surface area contributed by atoms with Gasteiger partial charge in [0.05, 0.1) is 42.1 Å². The fourth-order valence-corrected chi connectivity index (χ4v) is 6.73. The minimum absolute atomic E-state index is 0.0255. The molecule has 1 aromatic heterocycles. The lowest BCUT2D eigenvalue weighted by Gasteiger charge is -2.32. The average Bonchev–Trinajstić information content (AvgIpc) is 3.72. The third-order valence-corrected chi connectivity index (χ3v) is 9.09. The molecule has 1 saturated carbocycles. The van der Waals surface area contributed by atoms with Gasteiger partial charge in [-0.15, -0.1) is 0 Å². The number of benzene rings is 2. The van der Waals surface area contributed by atoms with Gasteiger partial charge in [-0.05, 0) is 62.8 Å². The number of ketones is 1. The molecule has 3 heterocycles. The van der Waals surface area contributed by atoms with Crippen molar-refractivity contribution in [1.82, 2.24) is 4.98 Å². The number of nitrogens with one attached hydrogen (secondary N) is 1. The molecule has 0 saturated heterocycles. The van der Waals surface area contributed by atoms with Crippen LogP contribution in [-0.4, -0.2) is 69.9 Å². The first-order chi connectivity index (χ1) is 22.6. The van der Waals surface area contributed by atoms with E-state index < -0.39 is 30.2 Å². The Kier molecular flexibility index (Phi) is 8.97. The van der Waals surface area contributed by atoms with Crippen molar-refractivity contribution < 1.29 is 48.7 Å². The van der Waals surface area contributed by atoms with E-state index in [2.05, 4.69) is 4.98 Å². The van der Waals surface area contributed by atoms with Crippen molar-refractivity contribution in [2.24, 2.45) is 0 Å². The second-order valence-electron chi connectivity index (χ2n) is 12.6. The van der Waals surface area contributed by atoms with Gasteiger partial charge in [0.25, 0.3) is 0 Å². The zero-order valence-electron chi connectivity index (χ0n) is 26.7. The number of rotatable bonds is 10. The molecule has 6 rings (SSSR count). The molecule has 47 heavy (non-hydrogen) atoms. The van der Waals surface area contributed by atoms with Crippen molar-refractivity contribution in [3.8, 4) is 17.2 Å². The molecule has 2 aliphatic heterocycles. The summed E-state index contributed by atoms with van der Waals surface area (Å²) in [5, 5.41) is 32.2.